The first-order valence-electron chi connectivity index (χ1n) is 6.48. The van der Waals surface area contributed by atoms with Crippen molar-refractivity contribution in [3.8, 4) is 0 Å². The lowest BCUT2D eigenvalue weighted by atomic mass is 10.1. The fraction of sp³-hybridized carbons (Fsp3) is 0.333. The molecule has 1 atom stereocenters. The normalized spacial score (nSPS) is 19.3. The molecule has 2 aromatic rings. The van der Waals surface area contributed by atoms with Crippen molar-refractivity contribution in [2.45, 2.75) is 13.0 Å². The molecule has 3 rings (SSSR count). The third kappa shape index (κ3) is 2.59. The highest BCUT2D eigenvalue weighted by Gasteiger charge is 2.28. The van der Waals surface area contributed by atoms with Crippen LogP contribution in [0.15, 0.2) is 36.5 Å². The molecule has 1 fully saturated rings. The molecule has 3 nitrogen and oxygen atoms in total. The number of pyridine rings is 1. The Kier molecular flexibility index (Phi) is 3.42. The summed E-state index contributed by atoms with van der Waals surface area (Å²) in [5.41, 5.74) is 2.12. The van der Waals surface area contributed by atoms with Crippen molar-refractivity contribution in [1.82, 2.24) is 9.88 Å². The van der Waals surface area contributed by atoms with Gasteiger partial charge in [-0.05, 0) is 29.4 Å². The van der Waals surface area contributed by atoms with Gasteiger partial charge in [-0.15, -0.1) is 0 Å². The first kappa shape index (κ1) is 12.5. The van der Waals surface area contributed by atoms with Crippen molar-refractivity contribution in [1.29, 1.82) is 0 Å². The zero-order valence-electron chi connectivity index (χ0n) is 10.6. The Morgan fingerprint density at radius 1 is 1.37 bits per heavy atom. The molecule has 1 amide bonds. The lowest BCUT2D eigenvalue weighted by Crippen LogP contribution is -2.24. The number of benzene rings is 1. The van der Waals surface area contributed by atoms with E-state index in [1.54, 1.807) is 6.20 Å². The van der Waals surface area contributed by atoms with Gasteiger partial charge in [0.1, 0.15) is 0 Å². The van der Waals surface area contributed by atoms with E-state index in [9.17, 15) is 4.79 Å². The average Bonchev–Trinajstić information content (AvgIpc) is 2.79. The second kappa shape index (κ2) is 5.21. The van der Waals surface area contributed by atoms with Crippen LogP contribution in [0.1, 0.15) is 12.0 Å². The summed E-state index contributed by atoms with van der Waals surface area (Å²) in [6.45, 7) is 1.50. The van der Waals surface area contributed by atoms with Crippen LogP contribution in [-0.4, -0.2) is 28.1 Å². The summed E-state index contributed by atoms with van der Waals surface area (Å²) >= 11 is 4.28. The molecule has 0 spiro atoms. The summed E-state index contributed by atoms with van der Waals surface area (Å²) in [5, 5.41) is 1.13. The molecule has 1 saturated heterocycles. The molecule has 0 radical (unpaired) electrons. The van der Waals surface area contributed by atoms with Gasteiger partial charge in [0.2, 0.25) is 5.91 Å². The van der Waals surface area contributed by atoms with Crippen LogP contribution in [0.4, 0.5) is 0 Å². The largest absolute Gasteiger partial charge is 0.338 e. The lowest BCUT2D eigenvalue weighted by molar-refractivity contribution is -0.128. The third-order valence-corrected chi connectivity index (χ3v) is 4.11. The maximum Gasteiger partial charge on any atom is 0.223 e. The van der Waals surface area contributed by atoms with Gasteiger partial charge in [0.05, 0.1) is 5.52 Å². The summed E-state index contributed by atoms with van der Waals surface area (Å²) in [7, 11) is 0. The van der Waals surface area contributed by atoms with Gasteiger partial charge < -0.3 is 4.90 Å². The summed E-state index contributed by atoms with van der Waals surface area (Å²) < 4.78 is 0. The summed E-state index contributed by atoms with van der Waals surface area (Å²) in [6.07, 6.45) is 2.43. The molecule has 0 N–H and O–H groups in total. The highest BCUT2D eigenvalue weighted by atomic mass is 32.1. The molecule has 1 unspecified atom stereocenters. The van der Waals surface area contributed by atoms with Crippen LogP contribution < -0.4 is 0 Å². The minimum Gasteiger partial charge on any atom is -0.338 e. The van der Waals surface area contributed by atoms with E-state index >= 15 is 0 Å². The van der Waals surface area contributed by atoms with Crippen molar-refractivity contribution in [3.63, 3.8) is 0 Å². The number of nitrogens with zero attached hydrogens (tertiary/aromatic N) is 2. The molecular weight excluding hydrogens is 256 g/mol. The molecule has 4 heteroatoms. The molecule has 1 aromatic heterocycles. The van der Waals surface area contributed by atoms with Crippen LogP contribution in [0, 0.1) is 5.92 Å². The highest BCUT2D eigenvalue weighted by Crippen LogP contribution is 2.22. The number of hydrogen-bond donors (Lipinski definition) is 1. The monoisotopic (exact) mass is 272 g/mol. The number of hydrogen-bond acceptors (Lipinski definition) is 3. The van der Waals surface area contributed by atoms with Crippen LogP contribution in [0.2, 0.25) is 0 Å². The van der Waals surface area contributed by atoms with Gasteiger partial charge in [0.25, 0.3) is 0 Å². The van der Waals surface area contributed by atoms with Crippen molar-refractivity contribution in [2.75, 3.05) is 12.3 Å². The van der Waals surface area contributed by atoms with Crippen LogP contribution in [0.25, 0.3) is 10.9 Å². The zero-order chi connectivity index (χ0) is 13.2. The minimum absolute atomic E-state index is 0.236. The van der Waals surface area contributed by atoms with Crippen LogP contribution in [0.3, 0.4) is 0 Å². The maximum absolute atomic E-state index is 11.9. The van der Waals surface area contributed by atoms with Gasteiger partial charge in [-0.1, -0.05) is 18.2 Å². The third-order valence-electron chi connectivity index (χ3n) is 3.60. The fourth-order valence-corrected chi connectivity index (χ4v) is 2.80. The van der Waals surface area contributed by atoms with E-state index in [1.807, 2.05) is 17.0 Å². The molecule has 1 aliphatic rings. The van der Waals surface area contributed by atoms with Gasteiger partial charge in [-0.2, -0.15) is 12.6 Å². The molecule has 2 heterocycles. The molecule has 1 aromatic carbocycles. The van der Waals surface area contributed by atoms with E-state index in [0.29, 0.717) is 18.9 Å². The van der Waals surface area contributed by atoms with Gasteiger partial charge in [0, 0.05) is 31.1 Å². The van der Waals surface area contributed by atoms with Crippen LogP contribution in [-0.2, 0) is 11.3 Å². The average molecular weight is 272 g/mol. The number of carbonyl (C=O) groups excluding carboxylic acids is 1. The Hall–Kier alpha value is -1.55. The van der Waals surface area contributed by atoms with E-state index in [1.165, 1.54) is 0 Å². The van der Waals surface area contributed by atoms with E-state index in [4.69, 9.17) is 0 Å². The summed E-state index contributed by atoms with van der Waals surface area (Å²) in [6, 6.07) is 10.2. The quantitative estimate of drug-likeness (QED) is 0.871. The van der Waals surface area contributed by atoms with Crippen molar-refractivity contribution in [2.24, 2.45) is 5.92 Å². The number of likely N-dealkylation sites (tertiary alicyclic amines) is 1. The highest BCUT2D eigenvalue weighted by molar-refractivity contribution is 7.80. The van der Waals surface area contributed by atoms with Gasteiger partial charge in [0.15, 0.2) is 0 Å². The van der Waals surface area contributed by atoms with Gasteiger partial charge in [-0.25, -0.2) is 0 Å². The van der Waals surface area contributed by atoms with Crippen molar-refractivity contribution >= 4 is 29.4 Å². The van der Waals surface area contributed by atoms with Crippen molar-refractivity contribution < 1.29 is 4.79 Å². The SMILES string of the molecule is O=C1CC(CS)CN1Cc1ccc2cccnc2c1. The Bertz CT molecular complexity index is 614. The first-order chi connectivity index (χ1) is 9.26. The van der Waals surface area contributed by atoms with Gasteiger partial charge >= 0.3 is 0 Å². The van der Waals surface area contributed by atoms with E-state index in [2.05, 4.69) is 35.8 Å². The van der Waals surface area contributed by atoms with Crippen LogP contribution in [0.5, 0.6) is 0 Å². The summed E-state index contributed by atoms with van der Waals surface area (Å²) in [4.78, 5) is 18.2. The molecule has 0 aliphatic carbocycles. The molecule has 98 valence electrons. The lowest BCUT2D eigenvalue weighted by Gasteiger charge is -2.16. The molecular formula is C15H16N2OS. The fourth-order valence-electron chi connectivity index (χ4n) is 2.56. The number of rotatable bonds is 3. The van der Waals surface area contributed by atoms with Crippen LogP contribution >= 0.6 is 12.6 Å². The zero-order valence-corrected chi connectivity index (χ0v) is 11.5. The Balaban J connectivity index is 1.80. The Labute approximate surface area is 118 Å². The summed E-state index contributed by atoms with van der Waals surface area (Å²) in [5.74, 6) is 1.41. The minimum atomic E-state index is 0.236. The predicted octanol–water partition coefficient (Wildman–Crippen LogP) is 2.51. The predicted molar refractivity (Wildman–Crippen MR) is 79.1 cm³/mol. The Morgan fingerprint density at radius 3 is 3.05 bits per heavy atom. The number of thiol groups is 1. The smallest absolute Gasteiger partial charge is 0.223 e. The van der Waals surface area contributed by atoms with Gasteiger partial charge in [-0.3, -0.25) is 9.78 Å². The topological polar surface area (TPSA) is 33.2 Å². The maximum atomic E-state index is 11.9. The molecule has 1 aliphatic heterocycles. The first-order valence-corrected chi connectivity index (χ1v) is 7.12. The Morgan fingerprint density at radius 2 is 2.26 bits per heavy atom. The number of amides is 1. The second-order valence-electron chi connectivity index (χ2n) is 5.06. The number of aromatic nitrogens is 1. The molecule has 0 bridgehead atoms. The standard InChI is InChI=1S/C15H16N2OS/c18-15-7-12(10-19)9-17(15)8-11-3-4-13-2-1-5-16-14(13)6-11/h1-6,12,19H,7-10H2. The van der Waals surface area contributed by atoms with Crippen molar-refractivity contribution in [3.05, 3.63) is 42.1 Å². The van der Waals surface area contributed by atoms with E-state index in [-0.39, 0.29) is 5.91 Å². The molecule has 0 saturated carbocycles. The second-order valence-corrected chi connectivity index (χ2v) is 5.42. The number of fused-ring (bicyclic) bond motifs is 1. The number of carbonyl (C=O) groups is 1. The molecule has 19 heavy (non-hydrogen) atoms. The van der Waals surface area contributed by atoms with E-state index in [0.717, 1.165) is 28.8 Å². The van der Waals surface area contributed by atoms with E-state index < -0.39 is 0 Å².